The Bertz CT molecular complexity index is 1950. The summed E-state index contributed by atoms with van der Waals surface area (Å²) >= 11 is 5.56. The molecule has 1 aliphatic rings. The fourth-order valence-corrected chi connectivity index (χ4v) is 5.63. The van der Waals surface area contributed by atoms with Crippen LogP contribution in [0.4, 0.5) is 23.4 Å². The standard InChI is InChI=1S/C35H28F4N4O2S/c36-25-4-8-28(30(37)18-25)29-17-23(31-9-3-22(20-41-31)34(46)43-13-11-35(38,39)12-14-43)15-24-16-27(45-33(24)29)7-6-26(44)5-1-21-2-10-32(40)42-19-21/h1-5,8-10,15-20H,6-7,11-14H2,(H2,40,42)/b5-1+. The Hall–Kier alpha value is -4.90. The molecule has 0 radical (unpaired) electrons. The van der Waals surface area contributed by atoms with Gasteiger partial charge in [-0.1, -0.05) is 12.2 Å². The average Bonchev–Trinajstić information content (AvgIpc) is 3.46. The van der Waals surface area contributed by atoms with Crippen molar-refractivity contribution >= 4 is 45.9 Å². The SMILES string of the molecule is Nc1ccc(/C=C/C(=O)CCc2cc3cc(-c4ccc(C(=S)N5CCC(F)(F)CC5)cn4)cc(-c4ccc(F)cc4F)c3o2)cn1. The van der Waals surface area contributed by atoms with Crippen LogP contribution < -0.4 is 5.73 Å². The number of nitrogen functional groups attached to an aromatic ring is 1. The molecule has 6 rings (SSSR count). The second-order valence-electron chi connectivity index (χ2n) is 11.2. The predicted molar refractivity (Wildman–Crippen MR) is 173 cm³/mol. The number of nitrogens with two attached hydrogens (primary N) is 1. The van der Waals surface area contributed by atoms with Gasteiger partial charge in [-0.05, 0) is 72.3 Å². The van der Waals surface area contributed by atoms with Crippen LogP contribution in [0.15, 0.2) is 83.6 Å². The van der Waals surface area contributed by atoms with E-state index >= 15 is 4.39 Å². The molecule has 0 amide bonds. The number of aromatic nitrogens is 2. The number of pyridine rings is 2. The number of furan rings is 1. The number of halogens is 4. The van der Waals surface area contributed by atoms with Gasteiger partial charge in [-0.2, -0.15) is 0 Å². The maximum absolute atomic E-state index is 15.0. The van der Waals surface area contributed by atoms with Gasteiger partial charge in [-0.3, -0.25) is 9.78 Å². The lowest BCUT2D eigenvalue weighted by Crippen LogP contribution is -2.42. The number of allylic oxidation sites excluding steroid dienone is 1. The van der Waals surface area contributed by atoms with Gasteiger partial charge in [0.25, 0.3) is 5.92 Å². The highest BCUT2D eigenvalue weighted by Crippen LogP contribution is 2.37. The lowest BCUT2D eigenvalue weighted by Gasteiger charge is -2.33. The Kier molecular flexibility index (Phi) is 8.68. The number of likely N-dealkylation sites (tertiary alicyclic amines) is 1. The summed E-state index contributed by atoms with van der Waals surface area (Å²) < 4.78 is 62.2. The normalized spacial score (nSPS) is 14.7. The number of rotatable bonds is 8. The van der Waals surface area contributed by atoms with Gasteiger partial charge in [0.15, 0.2) is 5.78 Å². The molecule has 1 saturated heterocycles. The van der Waals surface area contributed by atoms with E-state index in [0.717, 1.165) is 11.6 Å². The molecular weight excluding hydrogens is 616 g/mol. The zero-order valence-corrected chi connectivity index (χ0v) is 25.3. The van der Waals surface area contributed by atoms with Crippen LogP contribution in [-0.4, -0.2) is 44.7 Å². The summed E-state index contributed by atoms with van der Waals surface area (Å²) in [5.41, 5.74) is 9.10. The van der Waals surface area contributed by atoms with Crippen molar-refractivity contribution in [1.29, 1.82) is 0 Å². The molecule has 46 heavy (non-hydrogen) atoms. The van der Waals surface area contributed by atoms with Crippen molar-refractivity contribution in [2.45, 2.75) is 31.6 Å². The summed E-state index contributed by atoms with van der Waals surface area (Å²) in [5, 5.41) is 0.651. The number of fused-ring (bicyclic) bond motifs is 1. The van der Waals surface area contributed by atoms with Crippen LogP contribution in [0.3, 0.4) is 0 Å². The fourth-order valence-electron chi connectivity index (χ4n) is 5.33. The molecule has 0 aliphatic carbocycles. The van der Waals surface area contributed by atoms with Crippen LogP contribution in [0.25, 0.3) is 39.4 Å². The van der Waals surface area contributed by atoms with Gasteiger partial charge < -0.3 is 15.1 Å². The minimum Gasteiger partial charge on any atom is -0.460 e. The number of aryl methyl sites for hydroxylation is 1. The van der Waals surface area contributed by atoms with Gasteiger partial charge in [0, 0.05) is 84.9 Å². The Balaban J connectivity index is 1.27. The molecule has 0 atom stereocenters. The molecule has 0 saturated carbocycles. The quantitative estimate of drug-likeness (QED) is 0.104. The first kappa shape index (κ1) is 31.1. The first-order valence-corrected chi connectivity index (χ1v) is 15.0. The molecule has 0 bridgehead atoms. The van der Waals surface area contributed by atoms with Crippen molar-refractivity contribution in [3.63, 3.8) is 0 Å². The molecule has 6 nitrogen and oxygen atoms in total. The number of thiocarbonyl (C=S) groups is 1. The maximum Gasteiger partial charge on any atom is 0.251 e. The monoisotopic (exact) mass is 644 g/mol. The number of carbonyl (C=O) groups excluding carboxylic acids is 1. The van der Waals surface area contributed by atoms with E-state index in [4.69, 9.17) is 22.4 Å². The van der Waals surface area contributed by atoms with E-state index in [-0.39, 0.29) is 43.7 Å². The third-order valence-electron chi connectivity index (χ3n) is 7.87. The maximum atomic E-state index is 15.0. The largest absolute Gasteiger partial charge is 0.460 e. The number of nitrogens with zero attached hydrogens (tertiary/aromatic N) is 3. The van der Waals surface area contributed by atoms with E-state index in [0.29, 0.717) is 56.3 Å². The van der Waals surface area contributed by atoms with Crippen LogP contribution in [0, 0.1) is 11.6 Å². The highest BCUT2D eigenvalue weighted by Gasteiger charge is 2.34. The van der Waals surface area contributed by atoms with Gasteiger partial charge in [-0.15, -0.1) is 0 Å². The second kappa shape index (κ2) is 12.8. The summed E-state index contributed by atoms with van der Waals surface area (Å²) in [6.45, 7) is 0.337. The van der Waals surface area contributed by atoms with Crippen molar-refractivity contribution in [3.05, 3.63) is 108 Å². The van der Waals surface area contributed by atoms with Crippen molar-refractivity contribution in [3.8, 4) is 22.4 Å². The molecule has 11 heteroatoms. The van der Waals surface area contributed by atoms with Crippen LogP contribution >= 0.6 is 12.2 Å². The third kappa shape index (κ3) is 6.99. The first-order valence-electron chi connectivity index (χ1n) is 14.6. The average molecular weight is 645 g/mol. The number of hydrogen-bond donors (Lipinski definition) is 1. The van der Waals surface area contributed by atoms with Crippen LogP contribution in [-0.2, 0) is 11.2 Å². The van der Waals surface area contributed by atoms with Crippen molar-refractivity contribution in [2.24, 2.45) is 0 Å². The molecule has 5 aromatic rings. The second-order valence-corrected chi connectivity index (χ2v) is 11.6. The summed E-state index contributed by atoms with van der Waals surface area (Å²) in [6, 6.07) is 15.6. The Morgan fingerprint density at radius 3 is 2.48 bits per heavy atom. The summed E-state index contributed by atoms with van der Waals surface area (Å²) in [7, 11) is 0. The number of anilines is 1. The number of ketones is 1. The van der Waals surface area contributed by atoms with E-state index in [9.17, 15) is 18.0 Å². The minimum atomic E-state index is -2.68. The number of carbonyl (C=O) groups is 1. The Labute approximate surface area is 267 Å². The molecule has 1 fully saturated rings. The molecule has 2 N–H and O–H groups in total. The van der Waals surface area contributed by atoms with E-state index in [1.54, 1.807) is 59.8 Å². The Morgan fingerprint density at radius 2 is 1.78 bits per heavy atom. The minimum absolute atomic E-state index is 0.122. The van der Waals surface area contributed by atoms with E-state index in [1.807, 2.05) is 6.07 Å². The fraction of sp³-hybridized carbons (Fsp3) is 0.200. The molecule has 1 aliphatic heterocycles. The molecule has 0 unspecified atom stereocenters. The number of alkyl halides is 2. The zero-order valence-electron chi connectivity index (χ0n) is 24.5. The molecule has 2 aromatic carbocycles. The van der Waals surface area contributed by atoms with Gasteiger partial charge in [0.1, 0.15) is 33.8 Å². The predicted octanol–water partition coefficient (Wildman–Crippen LogP) is 8.04. The van der Waals surface area contributed by atoms with Crippen molar-refractivity contribution in [1.82, 2.24) is 14.9 Å². The van der Waals surface area contributed by atoms with Crippen LogP contribution in [0.2, 0.25) is 0 Å². The van der Waals surface area contributed by atoms with Gasteiger partial charge in [0.05, 0.1) is 5.69 Å². The van der Waals surface area contributed by atoms with Gasteiger partial charge in [0.2, 0.25) is 0 Å². The Morgan fingerprint density at radius 1 is 0.978 bits per heavy atom. The van der Waals surface area contributed by atoms with Gasteiger partial charge in [-0.25, -0.2) is 22.5 Å². The smallest absolute Gasteiger partial charge is 0.251 e. The highest BCUT2D eigenvalue weighted by molar-refractivity contribution is 7.80. The topological polar surface area (TPSA) is 85.3 Å². The third-order valence-corrected chi connectivity index (χ3v) is 8.36. The highest BCUT2D eigenvalue weighted by atomic mass is 32.1. The lowest BCUT2D eigenvalue weighted by atomic mass is 9.98. The van der Waals surface area contributed by atoms with E-state index in [2.05, 4.69) is 9.97 Å². The molecule has 3 aromatic heterocycles. The van der Waals surface area contributed by atoms with Crippen LogP contribution in [0.1, 0.15) is 36.1 Å². The number of hydrogen-bond acceptors (Lipinski definition) is 6. The molecule has 4 heterocycles. The van der Waals surface area contributed by atoms with E-state index in [1.165, 1.54) is 18.2 Å². The summed E-state index contributed by atoms with van der Waals surface area (Å²) in [6.07, 6.45) is 6.25. The lowest BCUT2D eigenvalue weighted by molar-refractivity contribution is -0.114. The molecule has 0 spiro atoms. The summed E-state index contributed by atoms with van der Waals surface area (Å²) in [5.74, 6) is -3.35. The van der Waals surface area contributed by atoms with E-state index < -0.39 is 17.6 Å². The summed E-state index contributed by atoms with van der Waals surface area (Å²) in [4.78, 5) is 23.4. The number of benzene rings is 2. The zero-order chi connectivity index (χ0) is 32.4. The first-order chi connectivity index (χ1) is 22.0. The molecule has 234 valence electrons. The number of piperidine rings is 1. The van der Waals surface area contributed by atoms with Crippen LogP contribution in [0.5, 0.6) is 0 Å². The van der Waals surface area contributed by atoms with Gasteiger partial charge >= 0.3 is 0 Å². The molecular formula is C35H28F4N4O2S. The van der Waals surface area contributed by atoms with Crippen molar-refractivity contribution in [2.75, 3.05) is 18.8 Å². The van der Waals surface area contributed by atoms with Crippen molar-refractivity contribution < 1.29 is 26.8 Å².